The first-order valence-electron chi connectivity index (χ1n) is 3.66. The molecule has 4 nitrogen and oxygen atoms in total. The van der Waals surface area contributed by atoms with Crippen LogP contribution in [0.2, 0.25) is 5.02 Å². The zero-order valence-corrected chi connectivity index (χ0v) is 9.06. The minimum Gasteiger partial charge on any atom is -0.475 e. The van der Waals surface area contributed by atoms with Crippen molar-refractivity contribution in [3.8, 4) is 0 Å². The van der Waals surface area contributed by atoms with Crippen molar-refractivity contribution >= 4 is 44.5 Å². The Kier molecular flexibility index (Phi) is 2.20. The summed E-state index contributed by atoms with van der Waals surface area (Å²) in [5.41, 5.74) is 1.16. The molecule has 0 fully saturated rings. The number of nitrogens with zero attached hydrogens (tertiary/aromatic N) is 1. The number of benzene rings is 1. The van der Waals surface area contributed by atoms with Crippen molar-refractivity contribution in [2.24, 2.45) is 0 Å². The van der Waals surface area contributed by atoms with Crippen LogP contribution in [0.5, 0.6) is 0 Å². The van der Waals surface area contributed by atoms with Gasteiger partial charge in [0.05, 0.1) is 15.0 Å². The van der Waals surface area contributed by atoms with Crippen LogP contribution in [0, 0.1) is 0 Å². The van der Waals surface area contributed by atoms with E-state index in [0.29, 0.717) is 20.5 Å². The first-order valence-corrected chi connectivity index (χ1v) is 4.83. The van der Waals surface area contributed by atoms with Gasteiger partial charge in [0.15, 0.2) is 0 Å². The Balaban J connectivity index is 2.77. The molecule has 0 amide bonds. The molecule has 0 atom stereocenters. The quantitative estimate of drug-likeness (QED) is 0.841. The molecule has 2 rings (SSSR count). The first kappa shape index (κ1) is 9.48. The van der Waals surface area contributed by atoms with Crippen LogP contribution in [0.4, 0.5) is 0 Å². The van der Waals surface area contributed by atoms with Gasteiger partial charge in [0.1, 0.15) is 5.52 Å². The maximum Gasteiger partial charge on any atom is 0.371 e. The lowest BCUT2D eigenvalue weighted by atomic mass is 10.3. The highest BCUT2D eigenvalue weighted by Gasteiger charge is 2.12. The molecule has 0 spiro atoms. The highest BCUT2D eigenvalue weighted by molar-refractivity contribution is 9.10. The summed E-state index contributed by atoms with van der Waals surface area (Å²) in [6, 6.07) is 3.35. The molecule has 2 aromatic rings. The number of rotatable bonds is 1. The Morgan fingerprint density at radius 2 is 2.29 bits per heavy atom. The van der Waals surface area contributed by atoms with Crippen LogP contribution in [0.25, 0.3) is 11.0 Å². The van der Waals surface area contributed by atoms with Crippen molar-refractivity contribution in [2.45, 2.75) is 0 Å². The van der Waals surface area contributed by atoms with E-state index in [9.17, 15) is 4.79 Å². The number of hydrogen-bond donors (Lipinski definition) is 2. The summed E-state index contributed by atoms with van der Waals surface area (Å²) in [6.45, 7) is 0. The third kappa shape index (κ3) is 1.38. The predicted molar refractivity (Wildman–Crippen MR) is 55.8 cm³/mol. The maximum absolute atomic E-state index is 10.6. The van der Waals surface area contributed by atoms with Crippen LogP contribution < -0.4 is 0 Å². The van der Waals surface area contributed by atoms with Gasteiger partial charge in [-0.15, -0.1) is 0 Å². The molecule has 0 unspecified atom stereocenters. The zero-order chi connectivity index (χ0) is 10.3. The number of carbonyl (C=O) groups is 1. The van der Waals surface area contributed by atoms with Gasteiger partial charge in [-0.2, -0.15) is 0 Å². The topological polar surface area (TPSA) is 66.0 Å². The summed E-state index contributed by atoms with van der Waals surface area (Å²) in [7, 11) is 0. The molecule has 2 N–H and O–H groups in total. The van der Waals surface area contributed by atoms with E-state index in [2.05, 4.69) is 25.9 Å². The number of carboxylic acid groups (broad SMARTS) is 1. The summed E-state index contributed by atoms with van der Waals surface area (Å²) in [5, 5.41) is 9.20. The van der Waals surface area contributed by atoms with Gasteiger partial charge in [-0.3, -0.25) is 0 Å². The average molecular weight is 275 g/mol. The predicted octanol–water partition coefficient (Wildman–Crippen LogP) is 2.68. The molecule has 6 heteroatoms. The number of halogens is 2. The lowest BCUT2D eigenvalue weighted by Gasteiger charge is -1.94. The molecule has 0 saturated carbocycles. The molecule has 0 aliphatic rings. The summed E-state index contributed by atoms with van der Waals surface area (Å²) < 4.78 is 0.598. The number of imidazole rings is 1. The Morgan fingerprint density at radius 1 is 1.57 bits per heavy atom. The van der Waals surface area contributed by atoms with Gasteiger partial charge in [-0.1, -0.05) is 11.6 Å². The number of aromatic carboxylic acids is 1. The minimum absolute atomic E-state index is 0.0945. The number of H-pyrrole nitrogens is 1. The van der Waals surface area contributed by atoms with Gasteiger partial charge in [0.2, 0.25) is 5.82 Å². The lowest BCUT2D eigenvalue weighted by molar-refractivity contribution is 0.0685. The van der Waals surface area contributed by atoms with Crippen molar-refractivity contribution in [2.75, 3.05) is 0 Å². The molecular weight excluding hydrogens is 271 g/mol. The lowest BCUT2D eigenvalue weighted by Crippen LogP contribution is -1.97. The number of aromatic amines is 1. The van der Waals surface area contributed by atoms with Crippen LogP contribution in [0.15, 0.2) is 16.6 Å². The van der Waals surface area contributed by atoms with Crippen LogP contribution in [-0.4, -0.2) is 21.0 Å². The molecule has 1 aromatic heterocycles. The van der Waals surface area contributed by atoms with Gasteiger partial charge >= 0.3 is 5.97 Å². The van der Waals surface area contributed by atoms with Crippen molar-refractivity contribution in [1.29, 1.82) is 0 Å². The summed E-state index contributed by atoms with van der Waals surface area (Å²) in [5.74, 6) is -1.19. The van der Waals surface area contributed by atoms with Crippen molar-refractivity contribution in [3.05, 3.63) is 27.5 Å². The monoisotopic (exact) mass is 274 g/mol. The third-order valence-corrected chi connectivity index (χ3v) is 3.09. The van der Waals surface area contributed by atoms with E-state index in [-0.39, 0.29) is 5.82 Å². The molecule has 0 saturated heterocycles. The SMILES string of the molecule is O=C(O)c1nc2c(Br)c(Cl)ccc2[nH]1. The van der Waals surface area contributed by atoms with E-state index >= 15 is 0 Å². The van der Waals surface area contributed by atoms with Gasteiger partial charge in [-0.25, -0.2) is 9.78 Å². The molecule has 0 radical (unpaired) electrons. The van der Waals surface area contributed by atoms with E-state index < -0.39 is 5.97 Å². The standard InChI is InChI=1S/C8H4BrClN2O2/c9-5-3(10)1-2-4-6(5)12-7(11-4)8(13)14/h1-2H,(H,11,12)(H,13,14). The molecule has 0 bridgehead atoms. The van der Waals surface area contributed by atoms with E-state index in [1.54, 1.807) is 12.1 Å². The van der Waals surface area contributed by atoms with Gasteiger partial charge in [0.25, 0.3) is 0 Å². The number of fused-ring (bicyclic) bond motifs is 1. The van der Waals surface area contributed by atoms with Gasteiger partial charge < -0.3 is 10.1 Å². The fourth-order valence-corrected chi connectivity index (χ4v) is 1.71. The Hall–Kier alpha value is -1.07. The first-order chi connectivity index (χ1) is 6.59. The van der Waals surface area contributed by atoms with E-state index in [1.807, 2.05) is 0 Å². The normalized spacial score (nSPS) is 10.7. The maximum atomic E-state index is 10.6. The van der Waals surface area contributed by atoms with E-state index in [0.717, 1.165) is 0 Å². The van der Waals surface area contributed by atoms with Crippen LogP contribution >= 0.6 is 27.5 Å². The molecular formula is C8H4BrClN2O2. The third-order valence-electron chi connectivity index (χ3n) is 1.75. The van der Waals surface area contributed by atoms with Gasteiger partial charge in [-0.05, 0) is 28.1 Å². The largest absolute Gasteiger partial charge is 0.475 e. The van der Waals surface area contributed by atoms with Crippen molar-refractivity contribution in [1.82, 2.24) is 9.97 Å². The number of hydrogen-bond acceptors (Lipinski definition) is 2. The Morgan fingerprint density at radius 3 is 2.93 bits per heavy atom. The van der Waals surface area contributed by atoms with Crippen molar-refractivity contribution < 1.29 is 9.90 Å². The zero-order valence-electron chi connectivity index (χ0n) is 6.71. The Bertz CT molecular complexity index is 523. The fourth-order valence-electron chi connectivity index (χ4n) is 1.12. The highest BCUT2D eigenvalue weighted by Crippen LogP contribution is 2.29. The average Bonchev–Trinajstić information content (AvgIpc) is 2.56. The second-order valence-corrected chi connectivity index (χ2v) is 3.85. The van der Waals surface area contributed by atoms with Crippen LogP contribution in [0.3, 0.4) is 0 Å². The smallest absolute Gasteiger partial charge is 0.371 e. The number of aromatic nitrogens is 2. The molecule has 1 heterocycles. The molecule has 0 aliphatic carbocycles. The van der Waals surface area contributed by atoms with Crippen molar-refractivity contribution in [3.63, 3.8) is 0 Å². The molecule has 0 aliphatic heterocycles. The summed E-state index contributed by atoms with van der Waals surface area (Å²) >= 11 is 9.06. The second kappa shape index (κ2) is 3.25. The van der Waals surface area contributed by atoms with E-state index in [4.69, 9.17) is 16.7 Å². The Labute approximate surface area is 92.0 Å². The second-order valence-electron chi connectivity index (χ2n) is 2.65. The molecule has 14 heavy (non-hydrogen) atoms. The fraction of sp³-hybridized carbons (Fsp3) is 0. The number of nitrogens with one attached hydrogen (secondary N) is 1. The number of carboxylic acids is 1. The highest BCUT2D eigenvalue weighted by atomic mass is 79.9. The summed E-state index contributed by atoms with van der Waals surface area (Å²) in [6.07, 6.45) is 0. The van der Waals surface area contributed by atoms with E-state index in [1.165, 1.54) is 0 Å². The van der Waals surface area contributed by atoms with Crippen LogP contribution in [-0.2, 0) is 0 Å². The summed E-state index contributed by atoms with van der Waals surface area (Å²) in [4.78, 5) is 17.2. The molecule has 72 valence electrons. The van der Waals surface area contributed by atoms with Crippen LogP contribution in [0.1, 0.15) is 10.6 Å². The minimum atomic E-state index is -1.09. The molecule has 1 aromatic carbocycles. The van der Waals surface area contributed by atoms with Gasteiger partial charge in [0, 0.05) is 0 Å².